The number of fused-ring (bicyclic) bond motifs is 1. The van der Waals surface area contributed by atoms with Crippen LogP contribution in [-0.2, 0) is 0 Å². The van der Waals surface area contributed by atoms with E-state index in [1.54, 1.807) is 4.90 Å². The number of rotatable bonds is 3. The van der Waals surface area contributed by atoms with E-state index < -0.39 is 0 Å². The average molecular weight is 358 g/mol. The molecule has 0 fully saturated rings. The van der Waals surface area contributed by atoms with Crippen molar-refractivity contribution in [2.45, 2.75) is 13.8 Å². The molecule has 3 nitrogen and oxygen atoms in total. The number of benzene rings is 2. The minimum atomic E-state index is -0.124. The smallest absolute Gasteiger partial charge is 0.294 e. The fraction of sp³-hybridized carbons (Fsp3) is 0.167. The predicted octanol–water partition coefficient (Wildman–Crippen LogP) is 5.17. The van der Waals surface area contributed by atoms with Crippen LogP contribution in [0.25, 0.3) is 10.8 Å². The molecule has 1 aromatic heterocycles. The molecule has 0 bridgehead atoms. The van der Waals surface area contributed by atoms with Gasteiger partial charge in [-0.3, -0.25) is 4.79 Å². The summed E-state index contributed by atoms with van der Waals surface area (Å²) in [5.74, 6) is 0.253. The van der Waals surface area contributed by atoms with Gasteiger partial charge in [0.1, 0.15) is 0 Å². The quantitative estimate of drug-likeness (QED) is 0.647. The van der Waals surface area contributed by atoms with E-state index in [1.165, 1.54) is 0 Å². The zero-order chi connectivity index (χ0) is 15.7. The molecule has 0 unspecified atom stereocenters. The number of amides is 1. The Kier molecular flexibility index (Phi) is 4.03. The lowest BCUT2D eigenvalue weighted by atomic mass is 10.1. The van der Waals surface area contributed by atoms with E-state index in [4.69, 9.17) is 4.42 Å². The first-order valence-corrected chi connectivity index (χ1v) is 7.96. The molecule has 1 amide bonds. The fourth-order valence-electron chi connectivity index (χ4n) is 2.57. The van der Waals surface area contributed by atoms with E-state index in [2.05, 4.69) is 22.0 Å². The molecule has 1 heterocycles. The highest BCUT2D eigenvalue weighted by atomic mass is 79.9. The van der Waals surface area contributed by atoms with Gasteiger partial charge < -0.3 is 9.32 Å². The number of carbonyl (C=O) groups excluding carboxylic acids is 1. The fourth-order valence-corrected chi connectivity index (χ4v) is 3.07. The number of aryl methyl sites for hydroxylation is 1. The van der Waals surface area contributed by atoms with Crippen LogP contribution in [0.1, 0.15) is 23.0 Å². The van der Waals surface area contributed by atoms with Gasteiger partial charge in [0, 0.05) is 17.8 Å². The maximum atomic E-state index is 12.8. The topological polar surface area (TPSA) is 33.5 Å². The van der Waals surface area contributed by atoms with Gasteiger partial charge in [0.25, 0.3) is 5.91 Å². The third-order valence-electron chi connectivity index (χ3n) is 3.69. The lowest BCUT2D eigenvalue weighted by molar-refractivity contribution is 0.0959. The van der Waals surface area contributed by atoms with E-state index >= 15 is 0 Å². The molecule has 0 aliphatic rings. The Morgan fingerprint density at radius 2 is 1.86 bits per heavy atom. The maximum absolute atomic E-state index is 12.8. The number of nitrogens with zero attached hydrogens (tertiary/aromatic N) is 1. The summed E-state index contributed by atoms with van der Waals surface area (Å²) >= 11 is 3.27. The first-order valence-electron chi connectivity index (χ1n) is 7.16. The predicted molar refractivity (Wildman–Crippen MR) is 92.4 cm³/mol. The molecule has 2 aromatic carbocycles. The van der Waals surface area contributed by atoms with Gasteiger partial charge in [-0.2, -0.15) is 0 Å². The summed E-state index contributed by atoms with van der Waals surface area (Å²) in [5.41, 5.74) is 1.70. The largest absolute Gasteiger partial charge is 0.444 e. The molecule has 0 saturated heterocycles. The van der Waals surface area contributed by atoms with Gasteiger partial charge in [-0.05, 0) is 58.7 Å². The number of halogens is 1. The first kappa shape index (κ1) is 14.9. The standard InChI is InChI=1S/C18H16BrNO2/c1-3-20(18(21)17-12(2)10-16(19)22-17)15-9-8-13-6-4-5-7-14(13)11-15/h4-11H,3H2,1-2H3. The summed E-state index contributed by atoms with van der Waals surface area (Å²) in [6, 6.07) is 16.0. The van der Waals surface area contributed by atoms with E-state index in [0.717, 1.165) is 22.0 Å². The second kappa shape index (κ2) is 5.97. The van der Waals surface area contributed by atoms with E-state index in [0.29, 0.717) is 17.0 Å². The molecule has 0 aliphatic carbocycles. The van der Waals surface area contributed by atoms with Gasteiger partial charge in [-0.1, -0.05) is 30.3 Å². The lowest BCUT2D eigenvalue weighted by Gasteiger charge is -2.20. The highest BCUT2D eigenvalue weighted by molar-refractivity contribution is 9.10. The van der Waals surface area contributed by atoms with Crippen LogP contribution < -0.4 is 4.90 Å². The molecule has 112 valence electrons. The monoisotopic (exact) mass is 357 g/mol. The molecule has 0 aliphatic heterocycles. The minimum Gasteiger partial charge on any atom is -0.444 e. The van der Waals surface area contributed by atoms with Gasteiger partial charge in [-0.25, -0.2) is 0 Å². The van der Waals surface area contributed by atoms with E-state index in [-0.39, 0.29) is 5.91 Å². The summed E-state index contributed by atoms with van der Waals surface area (Å²) in [7, 11) is 0. The highest BCUT2D eigenvalue weighted by Gasteiger charge is 2.22. The normalized spacial score (nSPS) is 10.9. The molecule has 0 radical (unpaired) electrons. The molecule has 0 spiro atoms. The van der Waals surface area contributed by atoms with Crippen LogP contribution >= 0.6 is 15.9 Å². The Hall–Kier alpha value is -2.07. The van der Waals surface area contributed by atoms with Crippen molar-refractivity contribution in [1.29, 1.82) is 0 Å². The molecule has 3 aromatic rings. The number of hydrogen-bond donors (Lipinski definition) is 0. The first-order chi connectivity index (χ1) is 10.6. The Balaban J connectivity index is 2.02. The van der Waals surface area contributed by atoms with Crippen molar-refractivity contribution in [1.82, 2.24) is 0 Å². The van der Waals surface area contributed by atoms with Crippen LogP contribution in [0, 0.1) is 6.92 Å². The van der Waals surface area contributed by atoms with Gasteiger partial charge in [0.2, 0.25) is 0 Å². The molecule has 0 saturated carbocycles. The van der Waals surface area contributed by atoms with Crippen molar-refractivity contribution in [2.24, 2.45) is 0 Å². The van der Waals surface area contributed by atoms with Gasteiger partial charge in [0.05, 0.1) is 0 Å². The Bertz CT molecular complexity index is 838. The summed E-state index contributed by atoms with van der Waals surface area (Å²) in [6.45, 7) is 4.41. The van der Waals surface area contributed by atoms with Gasteiger partial charge >= 0.3 is 0 Å². The number of anilines is 1. The molecule has 0 N–H and O–H groups in total. The molecule has 3 rings (SSSR count). The number of hydrogen-bond acceptors (Lipinski definition) is 2. The highest BCUT2D eigenvalue weighted by Crippen LogP contribution is 2.26. The summed E-state index contributed by atoms with van der Waals surface area (Å²) in [5, 5.41) is 2.27. The van der Waals surface area contributed by atoms with Crippen molar-refractivity contribution in [3.8, 4) is 0 Å². The minimum absolute atomic E-state index is 0.124. The zero-order valence-corrected chi connectivity index (χ0v) is 14.1. The third kappa shape index (κ3) is 2.66. The molecule has 0 atom stereocenters. The molecule has 22 heavy (non-hydrogen) atoms. The van der Waals surface area contributed by atoms with E-state index in [9.17, 15) is 4.79 Å². The Morgan fingerprint density at radius 1 is 1.14 bits per heavy atom. The van der Waals surface area contributed by atoms with Gasteiger partial charge in [0.15, 0.2) is 10.4 Å². The molecular weight excluding hydrogens is 342 g/mol. The van der Waals surface area contributed by atoms with Crippen molar-refractivity contribution in [3.63, 3.8) is 0 Å². The summed E-state index contributed by atoms with van der Waals surface area (Å²) in [6.07, 6.45) is 0. The van der Waals surface area contributed by atoms with Crippen LogP contribution in [0.2, 0.25) is 0 Å². The third-order valence-corrected chi connectivity index (χ3v) is 4.08. The van der Waals surface area contributed by atoms with Crippen molar-refractivity contribution >= 4 is 38.3 Å². The molecular formula is C18H16BrNO2. The zero-order valence-electron chi connectivity index (χ0n) is 12.5. The van der Waals surface area contributed by atoms with E-state index in [1.807, 2.05) is 56.3 Å². The van der Waals surface area contributed by atoms with Crippen LogP contribution in [0.3, 0.4) is 0 Å². The summed E-state index contributed by atoms with van der Waals surface area (Å²) in [4.78, 5) is 14.5. The lowest BCUT2D eigenvalue weighted by Crippen LogP contribution is -2.30. The Morgan fingerprint density at radius 3 is 2.50 bits per heavy atom. The van der Waals surface area contributed by atoms with Gasteiger partial charge in [-0.15, -0.1) is 0 Å². The summed E-state index contributed by atoms with van der Waals surface area (Å²) < 4.78 is 6.07. The van der Waals surface area contributed by atoms with Crippen molar-refractivity contribution < 1.29 is 9.21 Å². The van der Waals surface area contributed by atoms with Crippen molar-refractivity contribution in [3.05, 3.63) is 64.5 Å². The number of carbonyl (C=O) groups is 1. The second-order valence-corrected chi connectivity index (χ2v) is 5.93. The Labute approximate surface area is 137 Å². The van der Waals surface area contributed by atoms with Crippen LogP contribution in [-0.4, -0.2) is 12.5 Å². The van der Waals surface area contributed by atoms with Crippen LogP contribution in [0.4, 0.5) is 5.69 Å². The number of furan rings is 1. The maximum Gasteiger partial charge on any atom is 0.294 e. The van der Waals surface area contributed by atoms with Crippen LogP contribution in [0.5, 0.6) is 0 Å². The second-order valence-electron chi connectivity index (χ2n) is 5.14. The average Bonchev–Trinajstić information content (AvgIpc) is 2.86. The van der Waals surface area contributed by atoms with Crippen LogP contribution in [0.15, 0.2) is 57.6 Å². The molecule has 4 heteroatoms. The van der Waals surface area contributed by atoms with Crippen molar-refractivity contribution in [2.75, 3.05) is 11.4 Å². The SMILES string of the molecule is CCN(C(=O)c1oc(Br)cc1C)c1ccc2ccccc2c1.